The van der Waals surface area contributed by atoms with E-state index in [9.17, 15) is 26.3 Å². The summed E-state index contributed by atoms with van der Waals surface area (Å²) >= 11 is 0. The molecular formula is C14H8BF6O. The molecule has 0 N–H and O–H groups in total. The fraction of sp³-hybridized carbons (Fsp3) is 0.143. The van der Waals surface area contributed by atoms with Crippen LogP contribution >= 0.6 is 0 Å². The number of alkyl halides is 6. The predicted molar refractivity (Wildman–Crippen MR) is 68.9 cm³/mol. The minimum Gasteiger partial charge on any atom is -0.558 e. The van der Waals surface area contributed by atoms with E-state index >= 15 is 0 Å². The second-order valence-electron chi connectivity index (χ2n) is 4.39. The van der Waals surface area contributed by atoms with Crippen LogP contribution in [-0.2, 0) is 12.4 Å². The van der Waals surface area contributed by atoms with Crippen LogP contribution in [0.2, 0.25) is 0 Å². The molecule has 1 nitrogen and oxygen atoms in total. The molecule has 2 aromatic carbocycles. The zero-order valence-electron chi connectivity index (χ0n) is 10.9. The van der Waals surface area contributed by atoms with Crippen LogP contribution in [0, 0.1) is 0 Å². The van der Waals surface area contributed by atoms with E-state index in [-0.39, 0.29) is 11.5 Å². The van der Waals surface area contributed by atoms with Crippen LogP contribution in [0.3, 0.4) is 0 Å². The molecule has 0 heterocycles. The highest BCUT2D eigenvalue weighted by molar-refractivity contribution is 6.47. The van der Waals surface area contributed by atoms with Crippen molar-refractivity contribution < 1.29 is 31.0 Å². The summed E-state index contributed by atoms with van der Waals surface area (Å²) in [5.41, 5.74) is -3.10. The summed E-state index contributed by atoms with van der Waals surface area (Å²) in [6.07, 6.45) is -9.76. The zero-order valence-corrected chi connectivity index (χ0v) is 10.9. The van der Waals surface area contributed by atoms with Gasteiger partial charge in [-0.3, -0.25) is 0 Å². The van der Waals surface area contributed by atoms with Gasteiger partial charge in [0, 0.05) is 0 Å². The molecule has 0 saturated carbocycles. The van der Waals surface area contributed by atoms with E-state index in [1.807, 2.05) is 0 Å². The summed E-state index contributed by atoms with van der Waals surface area (Å²) in [4.78, 5) is 0. The fourth-order valence-corrected chi connectivity index (χ4v) is 1.68. The molecule has 1 radical (unpaired) electrons. The SMILES string of the molecule is FC(F)(F)c1cc([B]Oc2ccccc2)cc(C(F)(F)F)c1. The van der Waals surface area contributed by atoms with Gasteiger partial charge >= 0.3 is 19.8 Å². The maximum Gasteiger partial charge on any atom is 0.416 e. The number of rotatable bonds is 3. The molecule has 8 heteroatoms. The van der Waals surface area contributed by atoms with Crippen molar-refractivity contribution in [1.29, 1.82) is 0 Å². The summed E-state index contributed by atoms with van der Waals surface area (Å²) in [5, 5.41) is 0. The summed E-state index contributed by atoms with van der Waals surface area (Å²) in [5.74, 6) is 0.300. The van der Waals surface area contributed by atoms with Gasteiger partial charge in [-0.1, -0.05) is 30.3 Å². The predicted octanol–water partition coefficient (Wildman–Crippen LogP) is 4.05. The van der Waals surface area contributed by atoms with Crippen LogP contribution in [0.25, 0.3) is 0 Å². The molecule has 0 aliphatic carbocycles. The molecule has 0 atom stereocenters. The van der Waals surface area contributed by atoms with Crippen molar-refractivity contribution >= 4 is 12.9 Å². The molecule has 0 saturated heterocycles. The van der Waals surface area contributed by atoms with Gasteiger partial charge in [0.25, 0.3) is 0 Å². The molecule has 0 aliphatic heterocycles. The standard InChI is InChI=1S/C14H8BF6O/c16-13(17,18)9-6-10(14(19,20)21)8-11(7-9)15-22-12-4-2-1-3-5-12/h1-8H. The highest BCUT2D eigenvalue weighted by Gasteiger charge is 2.37. The Labute approximate surface area is 122 Å². The first-order valence-corrected chi connectivity index (χ1v) is 6.01. The van der Waals surface area contributed by atoms with Gasteiger partial charge in [0.1, 0.15) is 0 Å². The topological polar surface area (TPSA) is 9.23 Å². The number of para-hydroxylation sites is 1. The molecule has 0 aliphatic rings. The van der Waals surface area contributed by atoms with Crippen molar-refractivity contribution in [2.45, 2.75) is 12.4 Å². The Balaban J connectivity index is 2.30. The van der Waals surface area contributed by atoms with E-state index in [0.717, 1.165) is 7.48 Å². The van der Waals surface area contributed by atoms with Crippen LogP contribution in [0.1, 0.15) is 11.1 Å². The first-order valence-electron chi connectivity index (χ1n) is 6.01. The largest absolute Gasteiger partial charge is 0.558 e. The van der Waals surface area contributed by atoms with Gasteiger partial charge in [0.2, 0.25) is 0 Å². The minimum atomic E-state index is -4.88. The van der Waals surface area contributed by atoms with Crippen molar-refractivity contribution in [3.63, 3.8) is 0 Å². The van der Waals surface area contributed by atoms with Crippen LogP contribution in [0.5, 0.6) is 5.75 Å². The Bertz CT molecular complexity index is 604. The lowest BCUT2D eigenvalue weighted by Crippen LogP contribution is -2.25. The average Bonchev–Trinajstić information content (AvgIpc) is 2.44. The second kappa shape index (κ2) is 5.94. The number of halogens is 6. The third kappa shape index (κ3) is 4.19. The summed E-state index contributed by atoms with van der Waals surface area (Å²) in [6, 6.07) is 9.24. The third-order valence-electron chi connectivity index (χ3n) is 2.68. The van der Waals surface area contributed by atoms with Gasteiger partial charge in [-0.25, -0.2) is 0 Å². The maximum atomic E-state index is 12.7. The lowest BCUT2D eigenvalue weighted by atomic mass is 9.85. The Morgan fingerprint density at radius 2 is 1.23 bits per heavy atom. The van der Waals surface area contributed by atoms with Crippen LogP contribution in [-0.4, -0.2) is 7.48 Å². The van der Waals surface area contributed by atoms with Gasteiger partial charge in [0.15, 0.2) is 0 Å². The number of benzene rings is 2. The summed E-state index contributed by atoms with van der Waals surface area (Å²) in [7, 11) is 0.847. The maximum absolute atomic E-state index is 12.7. The van der Waals surface area contributed by atoms with Crippen LogP contribution in [0.15, 0.2) is 48.5 Å². The van der Waals surface area contributed by atoms with Gasteiger partial charge < -0.3 is 4.65 Å². The quantitative estimate of drug-likeness (QED) is 0.613. The van der Waals surface area contributed by atoms with E-state index in [0.29, 0.717) is 17.9 Å². The molecule has 0 spiro atoms. The molecule has 0 aromatic heterocycles. The first kappa shape index (κ1) is 16.3. The molecular weight excluding hydrogens is 309 g/mol. The van der Waals surface area contributed by atoms with Gasteiger partial charge in [0.05, 0.1) is 16.9 Å². The van der Waals surface area contributed by atoms with E-state index in [4.69, 9.17) is 4.65 Å². The second-order valence-corrected chi connectivity index (χ2v) is 4.39. The highest BCUT2D eigenvalue weighted by Crippen LogP contribution is 2.34. The van der Waals surface area contributed by atoms with E-state index < -0.39 is 23.5 Å². The van der Waals surface area contributed by atoms with Crippen LogP contribution in [0.4, 0.5) is 26.3 Å². The van der Waals surface area contributed by atoms with Crippen molar-refractivity contribution in [3.05, 3.63) is 59.7 Å². The minimum absolute atomic E-state index is 0.0693. The van der Waals surface area contributed by atoms with Crippen molar-refractivity contribution in [2.75, 3.05) is 0 Å². The smallest absolute Gasteiger partial charge is 0.416 e. The normalized spacial score (nSPS) is 12.1. The average molecular weight is 317 g/mol. The Kier molecular flexibility index (Phi) is 4.39. The fourth-order valence-electron chi connectivity index (χ4n) is 1.68. The van der Waals surface area contributed by atoms with Crippen molar-refractivity contribution in [1.82, 2.24) is 0 Å². The number of hydrogen-bond acceptors (Lipinski definition) is 1. The molecule has 0 amide bonds. The summed E-state index contributed by atoms with van der Waals surface area (Å²) < 4.78 is 81.1. The van der Waals surface area contributed by atoms with E-state index in [1.54, 1.807) is 18.2 Å². The lowest BCUT2D eigenvalue weighted by molar-refractivity contribution is -0.142. The first-order chi connectivity index (χ1) is 10.2. The molecule has 115 valence electrons. The third-order valence-corrected chi connectivity index (χ3v) is 2.68. The lowest BCUT2D eigenvalue weighted by Gasteiger charge is -2.14. The van der Waals surface area contributed by atoms with E-state index in [1.165, 1.54) is 12.1 Å². The Morgan fingerprint density at radius 3 is 1.68 bits per heavy atom. The van der Waals surface area contributed by atoms with E-state index in [2.05, 4.69) is 0 Å². The summed E-state index contributed by atoms with van der Waals surface area (Å²) in [6.45, 7) is 0. The van der Waals surface area contributed by atoms with Gasteiger partial charge in [-0.05, 0) is 23.7 Å². The van der Waals surface area contributed by atoms with Crippen LogP contribution < -0.4 is 10.1 Å². The van der Waals surface area contributed by atoms with Crippen molar-refractivity contribution in [2.24, 2.45) is 0 Å². The zero-order chi connectivity index (χ0) is 16.4. The molecule has 22 heavy (non-hydrogen) atoms. The highest BCUT2D eigenvalue weighted by atomic mass is 19.4. The molecule has 0 fully saturated rings. The number of hydrogen-bond donors (Lipinski definition) is 0. The monoisotopic (exact) mass is 317 g/mol. The molecule has 2 aromatic rings. The van der Waals surface area contributed by atoms with Gasteiger partial charge in [-0.2, -0.15) is 26.3 Å². The molecule has 2 rings (SSSR count). The molecule has 0 bridgehead atoms. The Hall–Kier alpha value is -2.12. The van der Waals surface area contributed by atoms with Gasteiger partial charge in [-0.15, -0.1) is 0 Å². The molecule has 0 unspecified atom stereocenters. The Morgan fingerprint density at radius 1 is 0.727 bits per heavy atom. The van der Waals surface area contributed by atoms with Crippen molar-refractivity contribution in [3.8, 4) is 5.75 Å².